The van der Waals surface area contributed by atoms with Gasteiger partial charge in [-0.1, -0.05) is 6.07 Å². The molecule has 116 valence electrons. The van der Waals surface area contributed by atoms with Crippen LogP contribution in [0.1, 0.15) is 45.9 Å². The highest BCUT2D eigenvalue weighted by atomic mass is 16.6. The quantitative estimate of drug-likeness (QED) is 0.930. The molecule has 1 aliphatic heterocycles. The Morgan fingerprint density at radius 2 is 2.24 bits per heavy atom. The standard InChI is InChI=1S/C16H25N3O2/c1-12(14-7-5-6-9-17-14)19-10-8-13(11-19)18-15(20)21-16(2,3)4/h5-7,9,12-13H,8,10-11H2,1-4H3,(H,18,20)/t12-,13-/m1/s1. The average molecular weight is 291 g/mol. The minimum Gasteiger partial charge on any atom is -0.444 e. The maximum absolute atomic E-state index is 11.8. The lowest BCUT2D eigenvalue weighted by Crippen LogP contribution is -2.40. The molecule has 0 aromatic carbocycles. The van der Waals surface area contributed by atoms with E-state index in [0.717, 1.165) is 25.2 Å². The van der Waals surface area contributed by atoms with Crippen LogP contribution < -0.4 is 5.32 Å². The highest BCUT2D eigenvalue weighted by molar-refractivity contribution is 5.68. The zero-order valence-corrected chi connectivity index (χ0v) is 13.3. The molecule has 1 aliphatic rings. The molecule has 1 amide bonds. The number of rotatable bonds is 3. The van der Waals surface area contributed by atoms with E-state index >= 15 is 0 Å². The van der Waals surface area contributed by atoms with Crippen LogP contribution in [0.5, 0.6) is 0 Å². The fourth-order valence-electron chi connectivity index (χ4n) is 2.54. The molecular weight excluding hydrogens is 266 g/mol. The Morgan fingerprint density at radius 3 is 2.86 bits per heavy atom. The minimum atomic E-state index is -0.455. The number of hydrogen-bond donors (Lipinski definition) is 1. The number of carbonyl (C=O) groups is 1. The lowest BCUT2D eigenvalue weighted by Gasteiger charge is -2.24. The predicted molar refractivity (Wildman–Crippen MR) is 82.0 cm³/mol. The smallest absolute Gasteiger partial charge is 0.407 e. The largest absolute Gasteiger partial charge is 0.444 e. The van der Waals surface area contributed by atoms with E-state index in [0.29, 0.717) is 0 Å². The number of nitrogens with zero attached hydrogens (tertiary/aromatic N) is 2. The summed E-state index contributed by atoms with van der Waals surface area (Å²) in [7, 11) is 0. The summed E-state index contributed by atoms with van der Waals surface area (Å²) in [6.45, 7) is 9.55. The minimum absolute atomic E-state index is 0.144. The first-order valence-corrected chi connectivity index (χ1v) is 7.49. The summed E-state index contributed by atoms with van der Waals surface area (Å²) in [5, 5.41) is 2.95. The predicted octanol–water partition coefficient (Wildman–Crippen LogP) is 2.74. The molecule has 2 heterocycles. The molecule has 21 heavy (non-hydrogen) atoms. The first kappa shape index (κ1) is 15.8. The monoisotopic (exact) mass is 291 g/mol. The number of likely N-dealkylation sites (tertiary alicyclic amines) is 1. The summed E-state index contributed by atoms with van der Waals surface area (Å²) < 4.78 is 5.30. The van der Waals surface area contributed by atoms with Crippen LogP contribution in [-0.4, -0.2) is 40.7 Å². The maximum Gasteiger partial charge on any atom is 0.407 e. The van der Waals surface area contributed by atoms with Crippen LogP contribution in [0.2, 0.25) is 0 Å². The number of alkyl carbamates (subject to hydrolysis) is 1. The molecule has 0 aliphatic carbocycles. The van der Waals surface area contributed by atoms with Crippen LogP contribution in [-0.2, 0) is 4.74 Å². The summed E-state index contributed by atoms with van der Waals surface area (Å²) in [5.74, 6) is 0. The van der Waals surface area contributed by atoms with Crippen LogP contribution in [0.25, 0.3) is 0 Å². The zero-order valence-electron chi connectivity index (χ0n) is 13.3. The van der Waals surface area contributed by atoms with Crippen molar-refractivity contribution in [2.24, 2.45) is 0 Å². The van der Waals surface area contributed by atoms with Crippen LogP contribution in [0.15, 0.2) is 24.4 Å². The third-order valence-corrected chi connectivity index (χ3v) is 3.60. The van der Waals surface area contributed by atoms with Gasteiger partial charge in [0, 0.05) is 31.4 Å². The van der Waals surface area contributed by atoms with E-state index in [2.05, 4.69) is 22.1 Å². The molecule has 2 atom stereocenters. The summed E-state index contributed by atoms with van der Waals surface area (Å²) in [6, 6.07) is 6.38. The number of amides is 1. The number of nitrogens with one attached hydrogen (secondary N) is 1. The summed E-state index contributed by atoms with van der Waals surface area (Å²) in [5.41, 5.74) is 0.610. The van der Waals surface area contributed by atoms with E-state index in [4.69, 9.17) is 4.74 Å². The second kappa shape index (κ2) is 6.43. The molecule has 0 bridgehead atoms. The Hall–Kier alpha value is -1.62. The van der Waals surface area contributed by atoms with Crippen LogP contribution in [0, 0.1) is 0 Å². The first-order chi connectivity index (χ1) is 9.85. The molecular formula is C16H25N3O2. The van der Waals surface area contributed by atoms with Gasteiger partial charge in [0.15, 0.2) is 0 Å². The Morgan fingerprint density at radius 1 is 1.48 bits per heavy atom. The van der Waals surface area contributed by atoms with Crippen molar-refractivity contribution in [3.05, 3.63) is 30.1 Å². The van der Waals surface area contributed by atoms with E-state index in [1.165, 1.54) is 0 Å². The molecule has 0 unspecified atom stereocenters. The Labute approximate surface area is 126 Å². The molecule has 5 heteroatoms. The van der Waals surface area contributed by atoms with Gasteiger partial charge in [0.25, 0.3) is 0 Å². The lowest BCUT2D eigenvalue weighted by atomic mass is 10.2. The molecule has 5 nitrogen and oxygen atoms in total. The SMILES string of the molecule is C[C@H](c1ccccn1)N1CC[C@@H](NC(=O)OC(C)(C)C)C1. The Bertz CT molecular complexity index is 470. The normalized spacial score (nSPS) is 21.0. The van der Waals surface area contributed by atoms with Gasteiger partial charge in [-0.25, -0.2) is 4.79 Å². The number of hydrogen-bond acceptors (Lipinski definition) is 4. The van der Waals surface area contributed by atoms with Crippen molar-refractivity contribution in [2.75, 3.05) is 13.1 Å². The van der Waals surface area contributed by atoms with Crippen LogP contribution in [0.4, 0.5) is 4.79 Å². The van der Waals surface area contributed by atoms with Crippen LogP contribution >= 0.6 is 0 Å². The molecule has 0 spiro atoms. The molecule has 1 N–H and O–H groups in total. The third kappa shape index (κ3) is 4.70. The van der Waals surface area contributed by atoms with E-state index in [-0.39, 0.29) is 18.2 Å². The molecule has 1 saturated heterocycles. The van der Waals surface area contributed by atoms with Crippen molar-refractivity contribution in [2.45, 2.75) is 51.8 Å². The van der Waals surface area contributed by atoms with Gasteiger partial charge in [0.05, 0.1) is 5.69 Å². The lowest BCUT2D eigenvalue weighted by molar-refractivity contribution is 0.0504. The zero-order chi connectivity index (χ0) is 15.5. The Kier molecular flexibility index (Phi) is 4.83. The van der Waals surface area contributed by atoms with E-state index in [9.17, 15) is 4.79 Å². The van der Waals surface area contributed by atoms with Gasteiger partial charge in [-0.3, -0.25) is 9.88 Å². The van der Waals surface area contributed by atoms with Crippen molar-refractivity contribution >= 4 is 6.09 Å². The fraction of sp³-hybridized carbons (Fsp3) is 0.625. The highest BCUT2D eigenvalue weighted by Gasteiger charge is 2.29. The molecule has 2 rings (SSSR count). The van der Waals surface area contributed by atoms with Crippen molar-refractivity contribution in [3.63, 3.8) is 0 Å². The first-order valence-electron chi connectivity index (χ1n) is 7.49. The number of carbonyl (C=O) groups excluding carboxylic acids is 1. The molecule has 1 aromatic heterocycles. The van der Waals surface area contributed by atoms with Gasteiger partial charge in [-0.05, 0) is 46.2 Å². The van der Waals surface area contributed by atoms with Gasteiger partial charge in [-0.15, -0.1) is 0 Å². The topological polar surface area (TPSA) is 54.5 Å². The molecule has 1 fully saturated rings. The summed E-state index contributed by atoms with van der Waals surface area (Å²) >= 11 is 0. The fourth-order valence-corrected chi connectivity index (χ4v) is 2.54. The van der Waals surface area contributed by atoms with E-state index in [1.54, 1.807) is 0 Å². The molecule has 0 saturated carbocycles. The van der Waals surface area contributed by atoms with E-state index in [1.807, 2.05) is 45.2 Å². The second-order valence-corrected chi connectivity index (χ2v) is 6.56. The molecule has 1 aromatic rings. The number of aromatic nitrogens is 1. The number of ether oxygens (including phenoxy) is 1. The highest BCUT2D eigenvalue weighted by Crippen LogP contribution is 2.23. The van der Waals surface area contributed by atoms with Gasteiger partial charge >= 0.3 is 6.09 Å². The van der Waals surface area contributed by atoms with Crippen molar-refractivity contribution in [1.82, 2.24) is 15.2 Å². The van der Waals surface area contributed by atoms with Gasteiger partial charge < -0.3 is 10.1 Å². The third-order valence-electron chi connectivity index (χ3n) is 3.60. The molecule has 0 radical (unpaired) electrons. The second-order valence-electron chi connectivity index (χ2n) is 6.56. The van der Waals surface area contributed by atoms with Gasteiger partial charge in [0.2, 0.25) is 0 Å². The van der Waals surface area contributed by atoms with Gasteiger partial charge in [-0.2, -0.15) is 0 Å². The summed E-state index contributed by atoms with van der Waals surface area (Å²) in [6.07, 6.45) is 2.43. The Balaban J connectivity index is 1.85. The van der Waals surface area contributed by atoms with Crippen LogP contribution in [0.3, 0.4) is 0 Å². The van der Waals surface area contributed by atoms with Crippen molar-refractivity contribution in [1.29, 1.82) is 0 Å². The van der Waals surface area contributed by atoms with Gasteiger partial charge in [0.1, 0.15) is 5.60 Å². The number of pyridine rings is 1. The average Bonchev–Trinajstić information content (AvgIpc) is 2.85. The maximum atomic E-state index is 11.8. The summed E-state index contributed by atoms with van der Waals surface area (Å²) in [4.78, 5) is 18.5. The van der Waals surface area contributed by atoms with Crippen molar-refractivity contribution < 1.29 is 9.53 Å². The van der Waals surface area contributed by atoms with E-state index < -0.39 is 5.60 Å². The van der Waals surface area contributed by atoms with Crippen molar-refractivity contribution in [3.8, 4) is 0 Å².